The highest BCUT2D eigenvalue weighted by Gasteiger charge is 2.22. The molecule has 0 aliphatic heterocycles. The molecule has 11 rings (SSSR count). The third-order valence-electron chi connectivity index (χ3n) is 12.3. The van der Waals surface area contributed by atoms with E-state index in [1.165, 1.54) is 10.8 Å². The lowest BCUT2D eigenvalue weighted by atomic mass is 10.1. The topological polar surface area (TPSA) is 33.1 Å². The van der Waals surface area contributed by atoms with E-state index in [0.717, 1.165) is 90.2 Å². The van der Waals surface area contributed by atoms with Crippen molar-refractivity contribution < 1.29 is 9.47 Å². The molecule has 0 fully saturated rings. The zero-order chi connectivity index (χ0) is 44.4. The van der Waals surface area contributed by atoms with Gasteiger partial charge >= 0.3 is 0 Å². The highest BCUT2D eigenvalue weighted by atomic mass is 16.5. The van der Waals surface area contributed by atoms with Crippen LogP contribution in [0.25, 0.3) is 38.3 Å². The molecule has 6 heteroatoms. The molecular weight excluding hydrogens is 809 g/mol. The first-order valence-corrected chi connectivity index (χ1v) is 22.2. The molecular formula is C60H46N4O2. The fraction of sp³-hybridized carbons (Fsp3) is 0.0333. The summed E-state index contributed by atoms with van der Waals surface area (Å²) < 4.78 is 13.9. The third-order valence-corrected chi connectivity index (χ3v) is 12.3. The highest BCUT2D eigenvalue weighted by molar-refractivity contribution is 6.11. The van der Waals surface area contributed by atoms with E-state index in [9.17, 15) is 0 Å². The van der Waals surface area contributed by atoms with Crippen molar-refractivity contribution in [3.63, 3.8) is 0 Å². The van der Waals surface area contributed by atoms with Crippen LogP contribution in [0.3, 0.4) is 0 Å². The first kappa shape index (κ1) is 40.1. The third kappa shape index (κ3) is 7.40. The van der Waals surface area contributed by atoms with Crippen LogP contribution >= 0.6 is 0 Å². The van der Waals surface area contributed by atoms with Crippen LogP contribution in [-0.4, -0.2) is 18.8 Å². The number of hydrogen-bond acceptors (Lipinski definition) is 5. The Morgan fingerprint density at radius 2 is 0.697 bits per heavy atom. The normalized spacial score (nSPS) is 11.2. The van der Waals surface area contributed by atoms with Gasteiger partial charge in [0.25, 0.3) is 0 Å². The number of methoxy groups -OCH3 is 2. The Balaban J connectivity index is 1.14. The van der Waals surface area contributed by atoms with Gasteiger partial charge in [-0.2, -0.15) is 0 Å². The van der Waals surface area contributed by atoms with Gasteiger partial charge in [0.05, 0.1) is 30.9 Å². The molecule has 0 N–H and O–H groups in total. The van der Waals surface area contributed by atoms with Crippen molar-refractivity contribution in [1.82, 2.24) is 4.57 Å². The standard InChI is InChI=1S/C60H46N4O2/c1-65-53-27-15-25-49(39-53)61(44-19-6-3-7-20-44)51-35-37-56-57-38-36-52(62(45-21-8-4-9-22-45)50-26-16-28-54(40-50)66-2)42-60(57)64(59(56)41-51)48-33-31-47(32-34-48)63(46-23-10-5-11-24-46)58-30-14-18-43-17-12-13-29-55(43)58/h3-42H,1-2H3. The summed E-state index contributed by atoms with van der Waals surface area (Å²) in [5.41, 5.74) is 12.6. The number of aromatic nitrogens is 1. The SMILES string of the molecule is COc1cccc(N(c2ccccc2)c2ccc3c4ccc(N(c5ccccc5)c5cccc(OC)c5)cc4n(-c4ccc(N(c5ccccc5)c5cccc6ccccc56)cc4)c3c2)c1. The number of nitrogens with zero attached hydrogens (tertiary/aromatic N) is 4. The maximum absolute atomic E-state index is 5.73. The lowest BCUT2D eigenvalue weighted by Gasteiger charge is -2.27. The average molecular weight is 855 g/mol. The number of ether oxygens (including phenoxy) is 2. The molecule has 1 aromatic heterocycles. The van der Waals surface area contributed by atoms with E-state index in [2.05, 4.69) is 238 Å². The van der Waals surface area contributed by atoms with Crippen LogP contribution in [0, 0.1) is 0 Å². The van der Waals surface area contributed by atoms with Gasteiger partial charge in [0.15, 0.2) is 0 Å². The molecule has 0 bridgehead atoms. The van der Waals surface area contributed by atoms with E-state index >= 15 is 0 Å². The van der Waals surface area contributed by atoms with Gasteiger partial charge in [-0.25, -0.2) is 0 Å². The summed E-state index contributed by atoms with van der Waals surface area (Å²) in [5, 5.41) is 4.68. The predicted molar refractivity (Wildman–Crippen MR) is 275 cm³/mol. The maximum atomic E-state index is 5.73. The van der Waals surface area contributed by atoms with E-state index in [1.807, 2.05) is 24.3 Å². The minimum absolute atomic E-state index is 0.795. The maximum Gasteiger partial charge on any atom is 0.120 e. The van der Waals surface area contributed by atoms with Crippen molar-refractivity contribution in [2.24, 2.45) is 0 Å². The zero-order valence-corrected chi connectivity index (χ0v) is 36.7. The van der Waals surface area contributed by atoms with E-state index in [1.54, 1.807) is 14.2 Å². The summed E-state index contributed by atoms with van der Waals surface area (Å²) in [6.07, 6.45) is 0. The van der Waals surface area contributed by atoms with Crippen LogP contribution in [0.5, 0.6) is 11.5 Å². The number of anilines is 9. The van der Waals surface area contributed by atoms with Crippen molar-refractivity contribution in [3.05, 3.63) is 243 Å². The van der Waals surface area contributed by atoms with E-state index in [4.69, 9.17) is 9.47 Å². The first-order chi connectivity index (χ1) is 32.6. The lowest BCUT2D eigenvalue weighted by molar-refractivity contribution is 0.415. The van der Waals surface area contributed by atoms with Crippen LogP contribution in [0.2, 0.25) is 0 Å². The summed E-state index contributed by atoms with van der Waals surface area (Å²) in [6, 6.07) is 85.9. The summed E-state index contributed by atoms with van der Waals surface area (Å²) >= 11 is 0. The average Bonchev–Trinajstić information content (AvgIpc) is 3.71. The van der Waals surface area contributed by atoms with Crippen LogP contribution in [0.4, 0.5) is 51.2 Å². The van der Waals surface area contributed by atoms with Crippen molar-refractivity contribution >= 4 is 83.8 Å². The van der Waals surface area contributed by atoms with Gasteiger partial charge in [0, 0.05) is 79.5 Å². The number of benzene rings is 10. The second-order valence-electron chi connectivity index (χ2n) is 16.2. The van der Waals surface area contributed by atoms with E-state index < -0.39 is 0 Å². The van der Waals surface area contributed by atoms with Crippen molar-refractivity contribution in [1.29, 1.82) is 0 Å². The smallest absolute Gasteiger partial charge is 0.120 e. The molecule has 1 heterocycles. The molecule has 0 amide bonds. The minimum atomic E-state index is 0.795. The van der Waals surface area contributed by atoms with Crippen LogP contribution < -0.4 is 24.2 Å². The van der Waals surface area contributed by atoms with Gasteiger partial charge in [-0.15, -0.1) is 0 Å². The summed E-state index contributed by atoms with van der Waals surface area (Å²) in [6.45, 7) is 0. The Hall–Kier alpha value is -8.74. The second kappa shape index (κ2) is 17.4. The quantitative estimate of drug-likeness (QED) is 0.122. The second-order valence-corrected chi connectivity index (χ2v) is 16.2. The molecule has 10 aromatic carbocycles. The summed E-state index contributed by atoms with van der Waals surface area (Å²) in [5.74, 6) is 1.59. The molecule has 0 radical (unpaired) electrons. The number of fused-ring (bicyclic) bond motifs is 4. The molecule has 0 unspecified atom stereocenters. The number of rotatable bonds is 12. The molecule has 11 aromatic rings. The first-order valence-electron chi connectivity index (χ1n) is 22.2. The largest absolute Gasteiger partial charge is 0.497 e. The Morgan fingerprint density at radius 1 is 0.303 bits per heavy atom. The number of para-hydroxylation sites is 3. The van der Waals surface area contributed by atoms with Gasteiger partial charge in [-0.3, -0.25) is 0 Å². The van der Waals surface area contributed by atoms with Gasteiger partial charge in [0.2, 0.25) is 0 Å². The molecule has 318 valence electrons. The summed E-state index contributed by atoms with van der Waals surface area (Å²) in [7, 11) is 3.43. The monoisotopic (exact) mass is 854 g/mol. The van der Waals surface area contributed by atoms with Crippen LogP contribution in [0.15, 0.2) is 243 Å². The molecule has 0 spiro atoms. The Morgan fingerprint density at radius 3 is 1.21 bits per heavy atom. The van der Waals surface area contributed by atoms with Gasteiger partial charge in [0.1, 0.15) is 11.5 Å². The molecule has 0 aliphatic carbocycles. The summed E-state index contributed by atoms with van der Waals surface area (Å²) in [4.78, 5) is 6.94. The molecule has 0 saturated carbocycles. The Bertz CT molecular complexity index is 3310. The molecule has 0 atom stereocenters. The van der Waals surface area contributed by atoms with Gasteiger partial charge in [-0.1, -0.05) is 115 Å². The van der Waals surface area contributed by atoms with Gasteiger partial charge in [-0.05, 0) is 121 Å². The molecule has 66 heavy (non-hydrogen) atoms. The fourth-order valence-corrected chi connectivity index (χ4v) is 9.26. The molecule has 0 saturated heterocycles. The van der Waals surface area contributed by atoms with Crippen LogP contribution in [-0.2, 0) is 0 Å². The van der Waals surface area contributed by atoms with E-state index in [0.29, 0.717) is 0 Å². The number of hydrogen-bond donors (Lipinski definition) is 0. The minimum Gasteiger partial charge on any atom is -0.497 e. The van der Waals surface area contributed by atoms with Gasteiger partial charge < -0.3 is 28.7 Å². The molecule has 6 nitrogen and oxygen atoms in total. The zero-order valence-electron chi connectivity index (χ0n) is 36.7. The van der Waals surface area contributed by atoms with Crippen molar-refractivity contribution in [3.8, 4) is 17.2 Å². The van der Waals surface area contributed by atoms with E-state index in [-0.39, 0.29) is 0 Å². The van der Waals surface area contributed by atoms with Crippen LogP contribution in [0.1, 0.15) is 0 Å². The van der Waals surface area contributed by atoms with Crippen molar-refractivity contribution in [2.75, 3.05) is 28.9 Å². The predicted octanol–water partition coefficient (Wildman–Crippen LogP) is 16.4. The van der Waals surface area contributed by atoms with Crippen molar-refractivity contribution in [2.45, 2.75) is 0 Å². The fourth-order valence-electron chi connectivity index (χ4n) is 9.26. The Kier molecular flexibility index (Phi) is 10.6. The molecule has 0 aliphatic rings. The Labute approximate surface area is 385 Å². The lowest BCUT2D eigenvalue weighted by Crippen LogP contribution is -2.11. The highest BCUT2D eigenvalue weighted by Crippen LogP contribution is 2.44.